The zero-order valence-corrected chi connectivity index (χ0v) is 20.2. The van der Waals surface area contributed by atoms with Crippen LogP contribution in [0.1, 0.15) is 0 Å². The molecule has 0 spiro atoms. The number of hydrogen-bond donors (Lipinski definition) is 0. The van der Waals surface area contributed by atoms with E-state index in [9.17, 15) is 0 Å². The molecule has 180 valence electrons. The van der Waals surface area contributed by atoms with Crippen molar-refractivity contribution in [3.63, 3.8) is 0 Å². The Morgan fingerprint density at radius 2 is 1.18 bits per heavy atom. The second kappa shape index (κ2) is 5.95. The molecule has 6 heterocycles. The third kappa shape index (κ3) is 1.97. The molecule has 0 aliphatic rings. The Bertz CT molecular complexity index is 2840. The van der Waals surface area contributed by atoms with Crippen molar-refractivity contribution in [1.29, 1.82) is 0 Å². The van der Waals surface area contributed by atoms with Crippen LogP contribution in [0.15, 0.2) is 99.8 Å². The van der Waals surface area contributed by atoms with Crippen LogP contribution in [0.5, 0.6) is 0 Å². The molecule has 6 aromatic heterocycles. The van der Waals surface area contributed by atoms with Crippen LogP contribution in [0.3, 0.4) is 0 Å². The summed E-state index contributed by atoms with van der Waals surface area (Å²) in [5, 5.41) is 4.36. The highest BCUT2D eigenvalue weighted by atomic mass is 16.3. The third-order valence-corrected chi connectivity index (χ3v) is 8.37. The highest BCUT2D eigenvalue weighted by Gasteiger charge is 2.25. The van der Waals surface area contributed by atoms with Gasteiger partial charge in [0.1, 0.15) is 27.8 Å². The summed E-state index contributed by atoms with van der Waals surface area (Å²) in [6.07, 6.45) is 0. The number of aromatic nitrogens is 5. The van der Waals surface area contributed by atoms with Gasteiger partial charge in [0.05, 0.1) is 38.5 Å². The van der Waals surface area contributed by atoms with Crippen LogP contribution in [0.4, 0.5) is 0 Å². The molecule has 0 saturated carbocycles. The Balaban J connectivity index is 1.37. The first-order valence-electron chi connectivity index (χ1n) is 12.9. The zero-order valence-electron chi connectivity index (χ0n) is 20.2. The summed E-state index contributed by atoms with van der Waals surface area (Å²) in [6.45, 7) is 0. The van der Waals surface area contributed by atoms with Gasteiger partial charge in [-0.25, -0.2) is 14.4 Å². The molecule has 0 N–H and O–H groups in total. The summed E-state index contributed by atoms with van der Waals surface area (Å²) in [6, 6.07) is 31.1. The van der Waals surface area contributed by atoms with Crippen molar-refractivity contribution in [2.24, 2.45) is 0 Å². The lowest BCUT2D eigenvalue weighted by Crippen LogP contribution is -1.87. The van der Waals surface area contributed by atoms with Crippen LogP contribution < -0.4 is 0 Å². The molecule has 0 atom stereocenters. The predicted octanol–water partition coefficient (Wildman–Crippen LogP) is 7.93. The fraction of sp³-hybridized carbons (Fsp3) is 0. The fourth-order valence-electron chi connectivity index (χ4n) is 6.81. The molecule has 0 unspecified atom stereocenters. The molecular weight excluding hydrogens is 486 g/mol. The fourth-order valence-corrected chi connectivity index (χ4v) is 6.81. The van der Waals surface area contributed by atoms with E-state index in [1.807, 2.05) is 42.5 Å². The Hall–Kier alpha value is -5.56. The maximum absolute atomic E-state index is 6.23. The molecule has 7 nitrogen and oxygen atoms in total. The second-order valence-electron chi connectivity index (χ2n) is 10.3. The average molecular weight is 502 g/mol. The SMILES string of the molecule is c1ccc2c(c1)oc1cc3c(cc12)nc1n3c2cccc3c2n1c1nc2ccc4oc5ccccc5c4c2n31. The largest absolute Gasteiger partial charge is 0.456 e. The van der Waals surface area contributed by atoms with Gasteiger partial charge in [0, 0.05) is 22.2 Å². The topological polar surface area (TPSA) is 65.3 Å². The molecule has 0 saturated heterocycles. The number of para-hydroxylation sites is 3. The predicted molar refractivity (Wildman–Crippen MR) is 153 cm³/mol. The Labute approximate surface area is 217 Å². The lowest BCUT2D eigenvalue weighted by atomic mass is 10.1. The number of imidazole rings is 4. The van der Waals surface area contributed by atoms with E-state index in [-0.39, 0.29) is 0 Å². The molecule has 39 heavy (non-hydrogen) atoms. The highest BCUT2D eigenvalue weighted by molar-refractivity contribution is 6.19. The Morgan fingerprint density at radius 1 is 0.462 bits per heavy atom. The van der Waals surface area contributed by atoms with Gasteiger partial charge in [-0.2, -0.15) is 0 Å². The first-order chi connectivity index (χ1) is 19.3. The van der Waals surface area contributed by atoms with Crippen LogP contribution >= 0.6 is 0 Å². The quantitative estimate of drug-likeness (QED) is 0.212. The van der Waals surface area contributed by atoms with Gasteiger partial charge < -0.3 is 8.83 Å². The van der Waals surface area contributed by atoms with Gasteiger partial charge in [-0.1, -0.05) is 42.5 Å². The van der Waals surface area contributed by atoms with E-state index in [2.05, 4.69) is 61.7 Å². The van der Waals surface area contributed by atoms with Crippen molar-refractivity contribution in [3.8, 4) is 0 Å². The van der Waals surface area contributed by atoms with Crippen LogP contribution in [0.25, 0.3) is 94.0 Å². The first kappa shape index (κ1) is 18.6. The van der Waals surface area contributed by atoms with Gasteiger partial charge in [0.2, 0.25) is 11.6 Å². The molecule has 7 heteroatoms. The van der Waals surface area contributed by atoms with Gasteiger partial charge in [0.15, 0.2) is 0 Å². The smallest absolute Gasteiger partial charge is 0.223 e. The summed E-state index contributed by atoms with van der Waals surface area (Å²) in [5.74, 6) is 1.68. The maximum atomic E-state index is 6.23. The number of rotatable bonds is 0. The molecule has 11 aromatic rings. The van der Waals surface area contributed by atoms with Gasteiger partial charge in [-0.05, 0) is 42.5 Å². The van der Waals surface area contributed by atoms with E-state index in [1.54, 1.807) is 0 Å². The van der Waals surface area contributed by atoms with Gasteiger partial charge in [0.25, 0.3) is 0 Å². The molecule has 11 rings (SSSR count). The molecule has 0 aliphatic heterocycles. The zero-order chi connectivity index (χ0) is 25.0. The number of benzene rings is 5. The molecule has 0 amide bonds. The highest BCUT2D eigenvalue weighted by Crippen LogP contribution is 2.40. The van der Waals surface area contributed by atoms with Crippen LogP contribution in [-0.2, 0) is 0 Å². The number of nitrogens with zero attached hydrogens (tertiary/aromatic N) is 5. The average Bonchev–Trinajstić information content (AvgIpc) is 3.77. The molecule has 0 aliphatic carbocycles. The molecule has 0 radical (unpaired) electrons. The third-order valence-electron chi connectivity index (χ3n) is 8.37. The number of furan rings is 2. The summed E-state index contributed by atoms with van der Waals surface area (Å²) < 4.78 is 19.1. The van der Waals surface area contributed by atoms with Gasteiger partial charge in [-0.15, -0.1) is 0 Å². The van der Waals surface area contributed by atoms with Crippen LogP contribution in [0, 0.1) is 0 Å². The number of fused-ring (bicyclic) bond motifs is 17. The van der Waals surface area contributed by atoms with Crippen molar-refractivity contribution >= 4 is 94.0 Å². The molecular formula is C32H15N5O2. The van der Waals surface area contributed by atoms with Crippen LogP contribution in [-0.4, -0.2) is 23.2 Å². The molecule has 0 bridgehead atoms. The first-order valence-corrected chi connectivity index (χ1v) is 12.9. The minimum Gasteiger partial charge on any atom is -0.456 e. The summed E-state index contributed by atoms with van der Waals surface area (Å²) in [5.41, 5.74) is 10.7. The van der Waals surface area contributed by atoms with E-state index in [0.717, 1.165) is 94.0 Å². The van der Waals surface area contributed by atoms with Crippen LogP contribution in [0.2, 0.25) is 0 Å². The van der Waals surface area contributed by atoms with Crippen molar-refractivity contribution < 1.29 is 8.83 Å². The monoisotopic (exact) mass is 501 g/mol. The van der Waals surface area contributed by atoms with E-state index >= 15 is 0 Å². The maximum Gasteiger partial charge on any atom is 0.223 e. The molecule has 5 aromatic carbocycles. The Kier molecular flexibility index (Phi) is 2.84. The van der Waals surface area contributed by atoms with Crippen molar-refractivity contribution in [2.45, 2.75) is 0 Å². The van der Waals surface area contributed by atoms with Gasteiger partial charge >= 0.3 is 0 Å². The standard InChI is InChI=1S/C32H15N5O2/c1-3-10-24-16(6-1)18-14-20-23(15-27(18)39-24)35-21-8-5-9-22-30(21)37(31(35)34-20)32-33-19-12-13-26-28(29(19)36(22)32)17-7-2-4-11-25(17)38-26/h1-15H. The molecule has 0 fully saturated rings. The normalized spacial score (nSPS) is 13.1. The number of hydrogen-bond acceptors (Lipinski definition) is 4. The minimum absolute atomic E-state index is 0.840. The summed E-state index contributed by atoms with van der Waals surface area (Å²) in [7, 11) is 0. The van der Waals surface area contributed by atoms with Crippen molar-refractivity contribution in [1.82, 2.24) is 23.2 Å². The van der Waals surface area contributed by atoms with E-state index in [4.69, 9.17) is 18.8 Å². The second-order valence-corrected chi connectivity index (χ2v) is 10.3. The van der Waals surface area contributed by atoms with E-state index < -0.39 is 0 Å². The van der Waals surface area contributed by atoms with Gasteiger partial charge in [-0.3, -0.25) is 8.80 Å². The summed E-state index contributed by atoms with van der Waals surface area (Å²) in [4.78, 5) is 10.3. The Morgan fingerprint density at radius 3 is 2.08 bits per heavy atom. The lowest BCUT2D eigenvalue weighted by Gasteiger charge is -1.99. The van der Waals surface area contributed by atoms with Crippen molar-refractivity contribution in [2.75, 3.05) is 0 Å². The lowest BCUT2D eigenvalue weighted by molar-refractivity contribution is 0.669. The van der Waals surface area contributed by atoms with E-state index in [1.165, 1.54) is 0 Å². The minimum atomic E-state index is 0.840. The van der Waals surface area contributed by atoms with Crippen molar-refractivity contribution in [3.05, 3.63) is 91.0 Å². The van der Waals surface area contributed by atoms with E-state index in [0.29, 0.717) is 0 Å². The summed E-state index contributed by atoms with van der Waals surface area (Å²) >= 11 is 0.